The molecule has 0 unspecified atom stereocenters. The van der Waals surface area contributed by atoms with Crippen molar-refractivity contribution < 1.29 is 28.2 Å². The number of nitrogens with one attached hydrogen (secondary N) is 1. The lowest BCUT2D eigenvalue weighted by Crippen LogP contribution is -2.16. The van der Waals surface area contributed by atoms with E-state index in [9.17, 15) is 23.5 Å². The molecule has 0 saturated heterocycles. The molecule has 1 fully saturated rings. The molecular formula is C25H26F2N2O4S. The number of aliphatic hydroxyl groups excluding tert-OH is 1. The van der Waals surface area contributed by atoms with E-state index in [1.165, 1.54) is 36.6 Å². The summed E-state index contributed by atoms with van der Waals surface area (Å²) in [6, 6.07) is 8.50. The van der Waals surface area contributed by atoms with Gasteiger partial charge < -0.3 is 15.2 Å². The third kappa shape index (κ3) is 5.10. The van der Waals surface area contributed by atoms with E-state index in [-0.39, 0.29) is 29.0 Å². The molecule has 1 aliphatic carbocycles. The first-order valence-electron chi connectivity index (χ1n) is 11.1. The number of fused-ring (bicyclic) bond motifs is 1. The van der Waals surface area contributed by atoms with Crippen molar-refractivity contribution in [1.82, 2.24) is 4.98 Å². The summed E-state index contributed by atoms with van der Waals surface area (Å²) in [6.07, 6.45) is 3.77. The van der Waals surface area contributed by atoms with Crippen LogP contribution in [0.5, 0.6) is 0 Å². The highest BCUT2D eigenvalue weighted by atomic mass is 32.1. The van der Waals surface area contributed by atoms with Gasteiger partial charge in [-0.1, -0.05) is 12.1 Å². The number of anilines is 1. The van der Waals surface area contributed by atoms with Crippen LogP contribution >= 0.6 is 11.3 Å². The van der Waals surface area contributed by atoms with Crippen LogP contribution in [0.1, 0.15) is 69.8 Å². The first-order valence-corrected chi connectivity index (χ1v) is 11.9. The minimum absolute atomic E-state index is 0.0561. The Balaban J connectivity index is 1.65. The number of rotatable bonds is 6. The normalized spacial score (nSPS) is 18.6. The number of halogens is 2. The summed E-state index contributed by atoms with van der Waals surface area (Å²) in [5.41, 5.74) is 0.793. The molecular weight excluding hydrogens is 462 g/mol. The molecule has 3 aromatic rings. The summed E-state index contributed by atoms with van der Waals surface area (Å²) in [7, 11) is 1.25. The van der Waals surface area contributed by atoms with Crippen LogP contribution in [-0.2, 0) is 10.7 Å². The maximum absolute atomic E-state index is 13.7. The van der Waals surface area contributed by atoms with Gasteiger partial charge in [0.1, 0.15) is 0 Å². The van der Waals surface area contributed by atoms with E-state index < -0.39 is 17.8 Å². The van der Waals surface area contributed by atoms with Crippen LogP contribution in [0.15, 0.2) is 36.4 Å². The van der Waals surface area contributed by atoms with Crippen molar-refractivity contribution in [3.05, 3.63) is 58.1 Å². The summed E-state index contributed by atoms with van der Waals surface area (Å²) in [5, 5.41) is 13.0. The number of aromatic nitrogens is 1. The minimum Gasteiger partial charge on any atom is -0.465 e. The number of hydrogen-bond acceptors (Lipinski definition) is 6. The minimum atomic E-state index is -3.08. The number of methoxy groups -OCH3 is 1. The van der Waals surface area contributed by atoms with Crippen LogP contribution < -0.4 is 5.32 Å². The zero-order chi connectivity index (χ0) is 24.5. The van der Waals surface area contributed by atoms with Crippen molar-refractivity contribution in [2.24, 2.45) is 5.92 Å². The third-order valence-electron chi connectivity index (χ3n) is 6.28. The fourth-order valence-electron chi connectivity index (χ4n) is 4.27. The van der Waals surface area contributed by atoms with Gasteiger partial charge in [0, 0.05) is 30.6 Å². The standard InChI is InChI=1S/C25H26F2N2O4S/c1-25(26,27)17-5-3-4-16(10-17)22(31)28-19-12-21-20(11-18(19)24(32)33-2)29-23(34-21)15-8-6-14(13-30)7-9-15/h3-5,10-12,14-15,30H,6-9,13H2,1-2H3,(H,28,31). The first-order chi connectivity index (χ1) is 16.2. The van der Waals surface area contributed by atoms with Crippen LogP contribution in [0, 0.1) is 5.92 Å². The van der Waals surface area contributed by atoms with Gasteiger partial charge in [-0.15, -0.1) is 11.3 Å². The largest absolute Gasteiger partial charge is 0.465 e. The average molecular weight is 489 g/mol. The van der Waals surface area contributed by atoms with E-state index >= 15 is 0 Å². The van der Waals surface area contributed by atoms with Crippen molar-refractivity contribution in [3.63, 3.8) is 0 Å². The predicted octanol–water partition coefficient (Wildman–Crippen LogP) is 5.71. The summed E-state index contributed by atoms with van der Waals surface area (Å²) in [6.45, 7) is 0.974. The Hall–Kier alpha value is -2.91. The van der Waals surface area contributed by atoms with Gasteiger partial charge in [-0.3, -0.25) is 4.79 Å². The lowest BCUT2D eigenvalue weighted by Gasteiger charge is -2.25. The van der Waals surface area contributed by atoms with E-state index in [2.05, 4.69) is 5.32 Å². The topological polar surface area (TPSA) is 88.5 Å². The number of hydrogen-bond donors (Lipinski definition) is 2. The van der Waals surface area contributed by atoms with Crippen molar-refractivity contribution in [2.45, 2.75) is 44.4 Å². The first kappa shape index (κ1) is 24.2. The maximum atomic E-state index is 13.7. The summed E-state index contributed by atoms with van der Waals surface area (Å²) < 4.78 is 33.1. The number of benzene rings is 2. The Kier molecular flexibility index (Phi) is 6.95. The molecule has 1 aliphatic rings. The predicted molar refractivity (Wildman–Crippen MR) is 127 cm³/mol. The highest BCUT2D eigenvalue weighted by molar-refractivity contribution is 7.18. The molecule has 6 nitrogen and oxygen atoms in total. The van der Waals surface area contributed by atoms with Crippen molar-refractivity contribution in [2.75, 3.05) is 19.0 Å². The quantitative estimate of drug-likeness (QED) is 0.434. The monoisotopic (exact) mass is 488 g/mol. The number of nitrogens with zero attached hydrogens (tertiary/aromatic N) is 1. The zero-order valence-electron chi connectivity index (χ0n) is 18.9. The molecule has 1 heterocycles. The molecule has 2 aromatic carbocycles. The molecule has 0 aliphatic heterocycles. The van der Waals surface area contributed by atoms with E-state index in [4.69, 9.17) is 9.72 Å². The Morgan fingerprint density at radius 1 is 1.21 bits per heavy atom. The average Bonchev–Trinajstić information content (AvgIpc) is 3.25. The van der Waals surface area contributed by atoms with Gasteiger partial charge in [0.25, 0.3) is 11.8 Å². The second-order valence-corrected chi connectivity index (χ2v) is 9.79. The molecule has 1 aromatic heterocycles. The van der Waals surface area contributed by atoms with E-state index in [0.29, 0.717) is 17.4 Å². The highest BCUT2D eigenvalue weighted by Crippen LogP contribution is 2.40. The molecule has 4 rings (SSSR count). The fraction of sp³-hybridized carbons (Fsp3) is 0.400. The number of carbonyl (C=O) groups excluding carboxylic acids is 2. The third-order valence-corrected chi connectivity index (χ3v) is 7.46. The molecule has 2 N–H and O–H groups in total. The Morgan fingerprint density at radius 2 is 1.94 bits per heavy atom. The van der Waals surface area contributed by atoms with Gasteiger partial charge in [0.2, 0.25) is 0 Å². The van der Waals surface area contributed by atoms with Gasteiger partial charge in [-0.05, 0) is 55.9 Å². The molecule has 1 saturated carbocycles. The number of aliphatic hydroxyl groups is 1. The van der Waals surface area contributed by atoms with Gasteiger partial charge in [0.15, 0.2) is 0 Å². The van der Waals surface area contributed by atoms with Crippen LogP contribution in [0.3, 0.4) is 0 Å². The molecule has 9 heteroatoms. The molecule has 180 valence electrons. The van der Waals surface area contributed by atoms with Gasteiger partial charge in [0.05, 0.1) is 33.6 Å². The number of alkyl halides is 2. The number of thiazole rings is 1. The molecule has 1 amide bonds. The van der Waals surface area contributed by atoms with Gasteiger partial charge in [-0.25, -0.2) is 18.6 Å². The SMILES string of the molecule is COC(=O)c1cc2nc(C3CCC(CO)CC3)sc2cc1NC(=O)c1cccc(C(C)(F)F)c1. The van der Waals surface area contributed by atoms with Crippen molar-refractivity contribution in [3.8, 4) is 0 Å². The highest BCUT2D eigenvalue weighted by Gasteiger charge is 2.27. The maximum Gasteiger partial charge on any atom is 0.340 e. The Morgan fingerprint density at radius 3 is 2.59 bits per heavy atom. The number of ether oxygens (including phenoxy) is 1. The van der Waals surface area contributed by atoms with Gasteiger partial charge in [-0.2, -0.15) is 0 Å². The Labute approximate surface area is 200 Å². The summed E-state index contributed by atoms with van der Waals surface area (Å²) in [4.78, 5) is 30.0. The second-order valence-electron chi connectivity index (χ2n) is 8.73. The lowest BCUT2D eigenvalue weighted by atomic mass is 9.83. The van der Waals surface area contributed by atoms with Crippen LogP contribution in [0.2, 0.25) is 0 Å². The summed E-state index contributed by atoms with van der Waals surface area (Å²) >= 11 is 1.51. The number of esters is 1. The molecule has 0 radical (unpaired) electrons. The molecule has 34 heavy (non-hydrogen) atoms. The molecule has 0 bridgehead atoms. The molecule has 0 spiro atoms. The van der Waals surface area contributed by atoms with Gasteiger partial charge >= 0.3 is 5.97 Å². The smallest absolute Gasteiger partial charge is 0.340 e. The van der Waals surface area contributed by atoms with E-state index in [1.807, 2.05) is 0 Å². The van der Waals surface area contributed by atoms with Crippen LogP contribution in [0.25, 0.3) is 10.2 Å². The fourth-order valence-corrected chi connectivity index (χ4v) is 5.43. The zero-order valence-corrected chi connectivity index (χ0v) is 19.8. The lowest BCUT2D eigenvalue weighted by molar-refractivity contribution is 0.0174. The van der Waals surface area contributed by atoms with Crippen molar-refractivity contribution in [1.29, 1.82) is 0 Å². The van der Waals surface area contributed by atoms with Crippen LogP contribution in [0.4, 0.5) is 14.5 Å². The number of carbonyl (C=O) groups is 2. The van der Waals surface area contributed by atoms with E-state index in [0.717, 1.165) is 48.4 Å². The number of amides is 1. The van der Waals surface area contributed by atoms with E-state index in [1.54, 1.807) is 12.1 Å². The van der Waals surface area contributed by atoms with Crippen molar-refractivity contribution >= 4 is 39.1 Å². The van der Waals surface area contributed by atoms with Crippen LogP contribution in [-0.4, -0.2) is 35.7 Å². The second kappa shape index (κ2) is 9.76. The molecule has 0 atom stereocenters. The summed E-state index contributed by atoms with van der Waals surface area (Å²) in [5.74, 6) is -3.70. The Bertz CT molecular complexity index is 1210.